The van der Waals surface area contributed by atoms with Crippen molar-refractivity contribution in [3.8, 4) is 0 Å². The molecule has 0 heterocycles. The van der Waals surface area contributed by atoms with E-state index < -0.39 is 0 Å². The standard InChI is InChI=1S/C8H14/c1-4-6-7-8(3)5-2/h4,6-8H,1,5H2,2-3H3/b7-6+/t8-/m0/s1. The van der Waals surface area contributed by atoms with Crippen LogP contribution in [0.25, 0.3) is 0 Å². The van der Waals surface area contributed by atoms with Gasteiger partial charge in [0.15, 0.2) is 0 Å². The minimum Gasteiger partial charge on any atom is -0.0991 e. The van der Waals surface area contributed by atoms with Crippen LogP contribution in [0.1, 0.15) is 20.3 Å². The summed E-state index contributed by atoms with van der Waals surface area (Å²) in [7, 11) is 0. The fourth-order valence-electron chi connectivity index (χ4n) is 0.404. The van der Waals surface area contributed by atoms with Crippen molar-refractivity contribution in [2.24, 2.45) is 5.92 Å². The van der Waals surface area contributed by atoms with Gasteiger partial charge in [-0.2, -0.15) is 0 Å². The fourth-order valence-corrected chi connectivity index (χ4v) is 0.404. The van der Waals surface area contributed by atoms with Crippen molar-refractivity contribution in [3.63, 3.8) is 0 Å². The van der Waals surface area contributed by atoms with Crippen LogP contribution in [0.4, 0.5) is 0 Å². The lowest BCUT2D eigenvalue weighted by Crippen LogP contribution is -1.82. The van der Waals surface area contributed by atoms with Crippen molar-refractivity contribution in [1.82, 2.24) is 0 Å². The van der Waals surface area contributed by atoms with Gasteiger partial charge in [-0.25, -0.2) is 0 Å². The Balaban J connectivity index is 3.35. The highest BCUT2D eigenvalue weighted by Crippen LogP contribution is 2.00. The molecule has 0 fully saturated rings. The molecule has 1 atom stereocenters. The van der Waals surface area contributed by atoms with Crippen molar-refractivity contribution in [2.75, 3.05) is 0 Å². The SMILES string of the molecule is C=C/C=C/[C@@H](C)CC. The van der Waals surface area contributed by atoms with Crippen LogP contribution in [0, 0.1) is 5.92 Å². The predicted molar refractivity (Wildman–Crippen MR) is 38.8 cm³/mol. The van der Waals surface area contributed by atoms with E-state index in [-0.39, 0.29) is 0 Å². The van der Waals surface area contributed by atoms with E-state index in [0.29, 0.717) is 5.92 Å². The summed E-state index contributed by atoms with van der Waals surface area (Å²) >= 11 is 0. The predicted octanol–water partition coefficient (Wildman–Crippen LogP) is 2.77. The van der Waals surface area contributed by atoms with E-state index in [0.717, 1.165) is 0 Å². The minimum atomic E-state index is 0.702. The first kappa shape index (κ1) is 7.48. The summed E-state index contributed by atoms with van der Waals surface area (Å²) in [6.45, 7) is 7.95. The molecule has 0 aliphatic carbocycles. The smallest absolute Gasteiger partial charge is 0.0261 e. The van der Waals surface area contributed by atoms with Gasteiger partial charge in [0, 0.05) is 0 Å². The van der Waals surface area contributed by atoms with Gasteiger partial charge in [-0.3, -0.25) is 0 Å². The third-order valence-electron chi connectivity index (χ3n) is 1.22. The summed E-state index contributed by atoms with van der Waals surface area (Å²) in [6.07, 6.45) is 7.18. The molecule has 0 unspecified atom stereocenters. The maximum atomic E-state index is 3.58. The Bertz CT molecular complexity index is 80.0. The molecule has 0 rings (SSSR count). The summed E-state index contributed by atoms with van der Waals surface area (Å²) in [5.74, 6) is 0.702. The van der Waals surface area contributed by atoms with Gasteiger partial charge in [-0.15, -0.1) is 0 Å². The Kier molecular flexibility index (Phi) is 4.33. The molecule has 46 valence electrons. The Morgan fingerprint density at radius 3 is 2.62 bits per heavy atom. The van der Waals surface area contributed by atoms with Crippen LogP contribution in [0.2, 0.25) is 0 Å². The fraction of sp³-hybridized carbons (Fsp3) is 0.500. The molecule has 8 heavy (non-hydrogen) atoms. The molecular weight excluding hydrogens is 96.1 g/mol. The first-order valence-corrected chi connectivity index (χ1v) is 3.10. The number of hydrogen-bond acceptors (Lipinski definition) is 0. The lowest BCUT2D eigenvalue weighted by Gasteiger charge is -1.95. The van der Waals surface area contributed by atoms with Crippen LogP contribution in [0.15, 0.2) is 24.8 Å². The topological polar surface area (TPSA) is 0 Å². The Hall–Kier alpha value is -0.520. The monoisotopic (exact) mass is 110 g/mol. The van der Waals surface area contributed by atoms with Crippen molar-refractivity contribution < 1.29 is 0 Å². The van der Waals surface area contributed by atoms with E-state index in [1.54, 1.807) is 0 Å². The van der Waals surface area contributed by atoms with E-state index in [2.05, 4.69) is 26.5 Å². The van der Waals surface area contributed by atoms with Gasteiger partial charge in [0.2, 0.25) is 0 Å². The summed E-state index contributed by atoms with van der Waals surface area (Å²) in [6, 6.07) is 0. The highest BCUT2D eigenvalue weighted by Gasteiger charge is 1.86. The Morgan fingerprint density at radius 1 is 1.62 bits per heavy atom. The van der Waals surface area contributed by atoms with Crippen LogP contribution < -0.4 is 0 Å². The third-order valence-corrected chi connectivity index (χ3v) is 1.22. The highest BCUT2D eigenvalue weighted by atomic mass is 13.9. The second-order valence-electron chi connectivity index (χ2n) is 2.01. The first-order valence-electron chi connectivity index (χ1n) is 3.10. The molecule has 0 nitrogen and oxygen atoms in total. The van der Waals surface area contributed by atoms with Crippen LogP contribution in [0.5, 0.6) is 0 Å². The maximum absolute atomic E-state index is 3.58. The van der Waals surface area contributed by atoms with Gasteiger partial charge < -0.3 is 0 Å². The van der Waals surface area contributed by atoms with Gasteiger partial charge in [-0.05, 0) is 5.92 Å². The molecule has 0 bridgehead atoms. The second-order valence-corrected chi connectivity index (χ2v) is 2.01. The molecule has 0 heteroatoms. The number of hydrogen-bond donors (Lipinski definition) is 0. The molecule has 0 N–H and O–H groups in total. The summed E-state index contributed by atoms with van der Waals surface area (Å²) < 4.78 is 0. The molecule has 0 aliphatic heterocycles. The molecular formula is C8H14. The molecule has 0 amide bonds. The number of allylic oxidation sites excluding steroid dienone is 3. The molecule has 0 spiro atoms. The van der Waals surface area contributed by atoms with Crippen LogP contribution in [-0.2, 0) is 0 Å². The van der Waals surface area contributed by atoms with Gasteiger partial charge in [0.25, 0.3) is 0 Å². The zero-order valence-corrected chi connectivity index (χ0v) is 5.72. The minimum absolute atomic E-state index is 0.702. The second kappa shape index (κ2) is 4.63. The molecule has 0 saturated carbocycles. The van der Waals surface area contributed by atoms with E-state index >= 15 is 0 Å². The first-order chi connectivity index (χ1) is 3.81. The molecule has 0 saturated heterocycles. The van der Waals surface area contributed by atoms with E-state index in [1.807, 2.05) is 12.2 Å². The lowest BCUT2D eigenvalue weighted by atomic mass is 10.1. The molecule has 0 aromatic rings. The molecule has 0 aliphatic rings. The average molecular weight is 110 g/mol. The Labute approximate surface area is 51.9 Å². The average Bonchev–Trinajstić information content (AvgIpc) is 1.83. The van der Waals surface area contributed by atoms with Gasteiger partial charge in [0.1, 0.15) is 0 Å². The van der Waals surface area contributed by atoms with Crippen molar-refractivity contribution >= 4 is 0 Å². The lowest BCUT2D eigenvalue weighted by molar-refractivity contribution is 0.698. The summed E-state index contributed by atoms with van der Waals surface area (Å²) in [5, 5.41) is 0. The summed E-state index contributed by atoms with van der Waals surface area (Å²) in [5.41, 5.74) is 0. The number of rotatable bonds is 3. The van der Waals surface area contributed by atoms with Gasteiger partial charge >= 0.3 is 0 Å². The van der Waals surface area contributed by atoms with Crippen molar-refractivity contribution in [1.29, 1.82) is 0 Å². The largest absolute Gasteiger partial charge is 0.0991 e. The zero-order valence-electron chi connectivity index (χ0n) is 5.72. The van der Waals surface area contributed by atoms with E-state index in [1.165, 1.54) is 6.42 Å². The quantitative estimate of drug-likeness (QED) is 0.490. The van der Waals surface area contributed by atoms with E-state index in [4.69, 9.17) is 0 Å². The highest BCUT2D eigenvalue weighted by molar-refractivity contribution is 4.98. The van der Waals surface area contributed by atoms with Crippen LogP contribution >= 0.6 is 0 Å². The van der Waals surface area contributed by atoms with Crippen molar-refractivity contribution in [3.05, 3.63) is 24.8 Å². The van der Waals surface area contributed by atoms with Crippen molar-refractivity contribution in [2.45, 2.75) is 20.3 Å². The van der Waals surface area contributed by atoms with Crippen LogP contribution in [0.3, 0.4) is 0 Å². The molecule has 0 aromatic carbocycles. The normalized spacial score (nSPS) is 14.2. The third kappa shape index (κ3) is 3.66. The molecule has 0 radical (unpaired) electrons. The maximum Gasteiger partial charge on any atom is -0.0261 e. The van der Waals surface area contributed by atoms with Gasteiger partial charge in [-0.1, -0.05) is 45.1 Å². The van der Waals surface area contributed by atoms with Gasteiger partial charge in [0.05, 0.1) is 0 Å². The zero-order chi connectivity index (χ0) is 6.41. The molecule has 0 aromatic heterocycles. The summed E-state index contributed by atoms with van der Waals surface area (Å²) in [4.78, 5) is 0. The van der Waals surface area contributed by atoms with E-state index in [9.17, 15) is 0 Å². The Morgan fingerprint density at radius 2 is 2.25 bits per heavy atom. The van der Waals surface area contributed by atoms with Crippen LogP contribution in [-0.4, -0.2) is 0 Å².